The maximum atomic E-state index is 12.8. The van der Waals surface area contributed by atoms with Gasteiger partial charge < -0.3 is 9.84 Å². The Morgan fingerprint density at radius 2 is 1.81 bits per heavy atom. The van der Waals surface area contributed by atoms with Crippen LogP contribution in [0.1, 0.15) is 22.9 Å². The van der Waals surface area contributed by atoms with Gasteiger partial charge in [0.15, 0.2) is 5.76 Å². The molecule has 26 heavy (non-hydrogen) atoms. The van der Waals surface area contributed by atoms with Crippen LogP contribution in [0.25, 0.3) is 11.3 Å². The lowest BCUT2D eigenvalue weighted by Crippen LogP contribution is -2.37. The Hall–Kier alpha value is -2.92. The van der Waals surface area contributed by atoms with Gasteiger partial charge in [0.05, 0.1) is 6.54 Å². The second-order valence-electron chi connectivity index (χ2n) is 6.49. The number of carbonyl (C=O) groups is 1. The number of carbonyl (C=O) groups excluding carboxylic acids is 1. The Bertz CT molecular complexity index is 872. The van der Waals surface area contributed by atoms with E-state index in [1.165, 1.54) is 0 Å². The third-order valence-electron chi connectivity index (χ3n) is 4.31. The molecule has 1 heterocycles. The average molecular weight is 349 g/mol. The van der Waals surface area contributed by atoms with Crippen molar-refractivity contribution in [1.82, 2.24) is 15.4 Å². The van der Waals surface area contributed by atoms with E-state index >= 15 is 0 Å². The Morgan fingerprint density at radius 3 is 2.50 bits per heavy atom. The van der Waals surface area contributed by atoms with Crippen LogP contribution in [0.5, 0.6) is 0 Å². The van der Waals surface area contributed by atoms with Crippen LogP contribution in [-0.2, 0) is 11.3 Å². The molecule has 0 aliphatic carbocycles. The summed E-state index contributed by atoms with van der Waals surface area (Å²) in [7, 11) is 3.80. The molecule has 5 nitrogen and oxygen atoms in total. The summed E-state index contributed by atoms with van der Waals surface area (Å²) in [6, 6.07) is 19.2. The summed E-state index contributed by atoms with van der Waals surface area (Å²) in [5, 5.41) is 7.04. The molecule has 3 aromatic rings. The zero-order valence-electron chi connectivity index (χ0n) is 15.3. The Kier molecular flexibility index (Phi) is 5.49. The lowest BCUT2D eigenvalue weighted by atomic mass is 10.00. The summed E-state index contributed by atoms with van der Waals surface area (Å²) < 4.78 is 5.36. The van der Waals surface area contributed by atoms with Crippen LogP contribution in [0, 0.1) is 6.92 Å². The number of amides is 1. The molecule has 0 spiro atoms. The number of aromatic nitrogens is 1. The molecule has 2 aromatic carbocycles. The first kappa shape index (κ1) is 17.9. The van der Waals surface area contributed by atoms with Crippen molar-refractivity contribution in [3.8, 4) is 11.3 Å². The number of rotatable bonds is 6. The molecular weight excluding hydrogens is 326 g/mol. The van der Waals surface area contributed by atoms with Crippen LogP contribution < -0.4 is 5.32 Å². The fourth-order valence-electron chi connectivity index (χ4n) is 2.96. The van der Waals surface area contributed by atoms with Crippen molar-refractivity contribution >= 4 is 5.91 Å². The van der Waals surface area contributed by atoms with E-state index < -0.39 is 0 Å². The van der Waals surface area contributed by atoms with Crippen molar-refractivity contribution in [2.24, 2.45) is 0 Å². The topological polar surface area (TPSA) is 58.4 Å². The molecule has 5 heteroatoms. The number of aryl methyl sites for hydroxylation is 1. The van der Waals surface area contributed by atoms with E-state index in [2.05, 4.69) is 10.5 Å². The van der Waals surface area contributed by atoms with Gasteiger partial charge in [-0.3, -0.25) is 9.69 Å². The first-order valence-corrected chi connectivity index (χ1v) is 8.57. The minimum absolute atomic E-state index is 0.0676. The lowest BCUT2D eigenvalue weighted by molar-refractivity contribution is -0.126. The van der Waals surface area contributed by atoms with Crippen molar-refractivity contribution in [3.05, 3.63) is 77.6 Å². The van der Waals surface area contributed by atoms with E-state index in [0.29, 0.717) is 12.3 Å². The number of benzene rings is 2. The highest BCUT2D eigenvalue weighted by Gasteiger charge is 2.24. The summed E-state index contributed by atoms with van der Waals surface area (Å²) in [6.45, 7) is 2.32. The smallest absolute Gasteiger partial charge is 0.242 e. The first-order valence-electron chi connectivity index (χ1n) is 8.57. The van der Waals surface area contributed by atoms with Crippen molar-refractivity contribution in [1.29, 1.82) is 0 Å². The zero-order valence-corrected chi connectivity index (χ0v) is 15.3. The van der Waals surface area contributed by atoms with E-state index in [-0.39, 0.29) is 11.9 Å². The highest BCUT2D eigenvalue weighted by Crippen LogP contribution is 2.22. The summed E-state index contributed by atoms with van der Waals surface area (Å²) in [4.78, 5) is 14.7. The molecule has 134 valence electrons. The summed E-state index contributed by atoms with van der Waals surface area (Å²) in [5.74, 6) is 0.557. The molecule has 1 N–H and O–H groups in total. The van der Waals surface area contributed by atoms with Crippen LogP contribution in [0.2, 0.25) is 0 Å². The molecule has 3 rings (SSSR count). The molecule has 0 aliphatic heterocycles. The van der Waals surface area contributed by atoms with E-state index in [0.717, 1.165) is 22.4 Å². The molecular formula is C21H23N3O2. The Morgan fingerprint density at radius 1 is 1.12 bits per heavy atom. The van der Waals surface area contributed by atoms with Crippen molar-refractivity contribution in [3.63, 3.8) is 0 Å². The second-order valence-corrected chi connectivity index (χ2v) is 6.49. The van der Waals surface area contributed by atoms with Crippen molar-refractivity contribution < 1.29 is 9.32 Å². The van der Waals surface area contributed by atoms with Gasteiger partial charge in [-0.05, 0) is 32.1 Å². The fourth-order valence-corrected chi connectivity index (χ4v) is 2.96. The highest BCUT2D eigenvalue weighted by atomic mass is 16.5. The predicted octanol–water partition coefficient (Wildman–Crippen LogP) is 3.57. The van der Waals surface area contributed by atoms with E-state index in [9.17, 15) is 4.79 Å². The number of likely N-dealkylation sites (N-methyl/N-ethyl adjacent to an activating group) is 1. The number of hydrogen-bond donors (Lipinski definition) is 1. The van der Waals surface area contributed by atoms with Gasteiger partial charge in [0, 0.05) is 11.6 Å². The summed E-state index contributed by atoms with van der Waals surface area (Å²) in [5.41, 5.74) is 3.84. The Balaban J connectivity index is 1.70. The highest BCUT2D eigenvalue weighted by molar-refractivity contribution is 5.83. The normalized spacial score (nSPS) is 12.2. The van der Waals surface area contributed by atoms with Gasteiger partial charge in [0.1, 0.15) is 11.7 Å². The number of hydrogen-bond acceptors (Lipinski definition) is 4. The van der Waals surface area contributed by atoms with E-state index in [1.54, 1.807) is 0 Å². The summed E-state index contributed by atoms with van der Waals surface area (Å²) >= 11 is 0. The molecule has 0 fully saturated rings. The van der Waals surface area contributed by atoms with Gasteiger partial charge in [0.2, 0.25) is 5.91 Å². The summed E-state index contributed by atoms with van der Waals surface area (Å²) in [6.07, 6.45) is 0. The standard InChI is InChI=1S/C21H23N3O2/c1-15-9-7-8-12-18(15)20(24(2)3)21(25)22-14-17-13-19(23-26-17)16-10-5-4-6-11-16/h4-13,20H,14H2,1-3H3,(H,22,25)/t20-/m0/s1. The maximum absolute atomic E-state index is 12.8. The third-order valence-corrected chi connectivity index (χ3v) is 4.31. The molecule has 0 bridgehead atoms. The Labute approximate surface area is 153 Å². The first-order chi connectivity index (χ1) is 12.6. The third kappa shape index (κ3) is 4.00. The zero-order chi connectivity index (χ0) is 18.5. The largest absolute Gasteiger partial charge is 0.359 e. The van der Waals surface area contributed by atoms with E-state index in [1.807, 2.05) is 86.6 Å². The SMILES string of the molecule is Cc1ccccc1[C@@H](C(=O)NCc1cc(-c2ccccc2)no1)N(C)C. The predicted molar refractivity (Wildman–Crippen MR) is 101 cm³/mol. The molecule has 0 saturated carbocycles. The van der Waals surface area contributed by atoms with Gasteiger partial charge in [-0.2, -0.15) is 0 Å². The average Bonchev–Trinajstić information content (AvgIpc) is 3.11. The molecule has 1 amide bonds. The molecule has 0 radical (unpaired) electrons. The van der Waals surface area contributed by atoms with Gasteiger partial charge in [0.25, 0.3) is 0 Å². The van der Waals surface area contributed by atoms with Gasteiger partial charge >= 0.3 is 0 Å². The van der Waals surface area contributed by atoms with Crippen LogP contribution in [0.3, 0.4) is 0 Å². The quantitative estimate of drug-likeness (QED) is 0.739. The maximum Gasteiger partial charge on any atom is 0.242 e. The van der Waals surface area contributed by atoms with Crippen molar-refractivity contribution in [2.45, 2.75) is 19.5 Å². The number of nitrogens with zero attached hydrogens (tertiary/aromatic N) is 2. The second kappa shape index (κ2) is 7.97. The minimum atomic E-state index is -0.354. The number of nitrogens with one attached hydrogen (secondary N) is 1. The fraction of sp³-hybridized carbons (Fsp3) is 0.238. The molecule has 0 saturated heterocycles. The minimum Gasteiger partial charge on any atom is -0.359 e. The van der Waals surface area contributed by atoms with E-state index in [4.69, 9.17) is 4.52 Å². The van der Waals surface area contributed by atoms with Crippen LogP contribution in [-0.4, -0.2) is 30.1 Å². The molecule has 0 unspecified atom stereocenters. The molecule has 1 atom stereocenters. The van der Waals surface area contributed by atoms with Crippen LogP contribution in [0.4, 0.5) is 0 Å². The molecule has 0 aliphatic rings. The van der Waals surface area contributed by atoms with Gasteiger partial charge in [-0.25, -0.2) is 0 Å². The monoisotopic (exact) mass is 349 g/mol. The lowest BCUT2D eigenvalue weighted by Gasteiger charge is -2.25. The van der Waals surface area contributed by atoms with Crippen LogP contribution >= 0.6 is 0 Å². The van der Waals surface area contributed by atoms with Gasteiger partial charge in [-0.1, -0.05) is 59.8 Å². The van der Waals surface area contributed by atoms with Gasteiger partial charge in [-0.15, -0.1) is 0 Å². The molecule has 1 aromatic heterocycles. The van der Waals surface area contributed by atoms with Crippen molar-refractivity contribution in [2.75, 3.05) is 14.1 Å². The van der Waals surface area contributed by atoms with Crippen LogP contribution in [0.15, 0.2) is 65.2 Å².